The van der Waals surface area contributed by atoms with Crippen LogP contribution in [-0.2, 0) is 0 Å². The SMILES string of the molecule is O=C(CCC(F)(F)F)c1ccc2c(n1)N(C(=O)Nc1ccc3[nH]c(=O)[nH]c3c1)[C@H]1CCN2C1. The van der Waals surface area contributed by atoms with E-state index in [9.17, 15) is 27.6 Å². The predicted molar refractivity (Wildman–Crippen MR) is 115 cm³/mol. The fourth-order valence-corrected chi connectivity index (χ4v) is 4.30. The van der Waals surface area contributed by atoms with E-state index in [0.29, 0.717) is 41.9 Å². The molecule has 0 aliphatic carbocycles. The minimum atomic E-state index is -4.44. The van der Waals surface area contributed by atoms with E-state index in [-0.39, 0.29) is 23.2 Å². The monoisotopic (exact) mass is 460 g/mol. The third-order valence-electron chi connectivity index (χ3n) is 5.86. The van der Waals surface area contributed by atoms with Crippen LogP contribution in [0.3, 0.4) is 0 Å². The van der Waals surface area contributed by atoms with E-state index >= 15 is 0 Å². The van der Waals surface area contributed by atoms with Gasteiger partial charge in [-0.1, -0.05) is 0 Å². The second-order valence-corrected chi connectivity index (χ2v) is 8.11. The lowest BCUT2D eigenvalue weighted by Gasteiger charge is -2.35. The number of aromatic amines is 2. The van der Waals surface area contributed by atoms with Crippen molar-refractivity contribution in [1.29, 1.82) is 0 Å². The van der Waals surface area contributed by atoms with Crippen molar-refractivity contribution >= 4 is 40.0 Å². The summed E-state index contributed by atoms with van der Waals surface area (Å²) in [5, 5.41) is 2.79. The van der Waals surface area contributed by atoms with Gasteiger partial charge in [0.1, 0.15) is 5.69 Å². The third-order valence-corrected chi connectivity index (χ3v) is 5.86. The zero-order valence-electron chi connectivity index (χ0n) is 17.2. The number of carbonyl (C=O) groups is 2. The number of nitrogens with one attached hydrogen (secondary N) is 3. The van der Waals surface area contributed by atoms with Gasteiger partial charge in [0.05, 0.1) is 29.2 Å². The summed E-state index contributed by atoms with van der Waals surface area (Å²) in [5.41, 5.74) is 1.75. The number of ketones is 1. The standard InChI is InChI=1S/C21H19F3N6O3/c22-21(23,24)7-5-17(31)14-3-4-16-18(26-14)30(12-6-8-29(16)10-12)20(33)25-11-1-2-13-15(9-11)28-19(32)27-13/h1-4,9,12H,5-8,10H2,(H,25,33)(H2,27,28,32)/t12-/m0/s1. The Morgan fingerprint density at radius 2 is 1.94 bits per heavy atom. The molecule has 2 amide bonds. The number of halogens is 3. The molecule has 33 heavy (non-hydrogen) atoms. The molecule has 1 saturated heterocycles. The number of pyridine rings is 1. The van der Waals surface area contributed by atoms with Gasteiger partial charge in [0.2, 0.25) is 0 Å². The number of alkyl halides is 3. The molecule has 0 unspecified atom stereocenters. The van der Waals surface area contributed by atoms with Gasteiger partial charge in [-0.3, -0.25) is 9.69 Å². The second-order valence-electron chi connectivity index (χ2n) is 8.11. The van der Waals surface area contributed by atoms with Crippen LogP contribution in [0.1, 0.15) is 29.8 Å². The number of imidazole rings is 1. The fraction of sp³-hybridized carbons (Fsp3) is 0.333. The zero-order chi connectivity index (χ0) is 23.3. The summed E-state index contributed by atoms with van der Waals surface area (Å²) >= 11 is 0. The van der Waals surface area contributed by atoms with Gasteiger partial charge in [0.15, 0.2) is 11.6 Å². The Bertz CT molecular complexity index is 1310. The Balaban J connectivity index is 1.43. The zero-order valence-corrected chi connectivity index (χ0v) is 17.2. The van der Waals surface area contributed by atoms with Crippen LogP contribution in [0.25, 0.3) is 11.0 Å². The molecule has 1 aromatic carbocycles. The number of carbonyl (C=O) groups excluding carboxylic acids is 2. The van der Waals surface area contributed by atoms with Crippen LogP contribution in [-0.4, -0.2) is 52.1 Å². The van der Waals surface area contributed by atoms with Gasteiger partial charge in [-0.15, -0.1) is 0 Å². The highest BCUT2D eigenvalue weighted by Gasteiger charge is 2.40. The van der Waals surface area contributed by atoms with Crippen LogP contribution in [0.5, 0.6) is 0 Å². The quantitative estimate of drug-likeness (QED) is 0.517. The Morgan fingerprint density at radius 1 is 1.15 bits per heavy atom. The number of amides is 2. The minimum Gasteiger partial charge on any atom is -0.366 e. The van der Waals surface area contributed by atoms with Crippen LogP contribution in [0.4, 0.5) is 35.2 Å². The summed E-state index contributed by atoms with van der Waals surface area (Å²) in [6, 6.07) is 7.26. The van der Waals surface area contributed by atoms with Crippen LogP contribution in [0.15, 0.2) is 35.1 Å². The molecule has 3 N–H and O–H groups in total. The number of H-pyrrole nitrogens is 2. The maximum absolute atomic E-state index is 13.2. The second kappa shape index (κ2) is 7.64. The number of Topliss-reactive ketones (excluding diaryl/α,β-unsaturated/α-hetero) is 1. The molecular formula is C21H19F3N6O3. The lowest BCUT2D eigenvalue weighted by atomic mass is 10.1. The molecule has 2 aliphatic heterocycles. The number of fused-ring (bicyclic) bond motifs is 5. The number of rotatable bonds is 4. The summed E-state index contributed by atoms with van der Waals surface area (Å²) in [4.78, 5) is 50.1. The number of anilines is 3. The summed E-state index contributed by atoms with van der Waals surface area (Å²) in [7, 11) is 0. The highest BCUT2D eigenvalue weighted by Crippen LogP contribution is 2.39. The summed E-state index contributed by atoms with van der Waals surface area (Å²) in [6.45, 7) is 1.29. The first-order chi connectivity index (χ1) is 15.7. The molecule has 0 radical (unpaired) electrons. The Kier molecular flexibility index (Phi) is 4.87. The normalized spacial score (nSPS) is 17.4. The molecule has 3 aromatic rings. The number of urea groups is 1. The molecule has 172 valence electrons. The molecule has 0 spiro atoms. The van der Waals surface area contributed by atoms with Crippen molar-refractivity contribution in [2.75, 3.05) is 28.2 Å². The van der Waals surface area contributed by atoms with E-state index in [4.69, 9.17) is 0 Å². The van der Waals surface area contributed by atoms with Crippen molar-refractivity contribution in [3.63, 3.8) is 0 Å². The molecular weight excluding hydrogens is 441 g/mol. The van der Waals surface area contributed by atoms with Gasteiger partial charge in [0, 0.05) is 25.2 Å². The van der Waals surface area contributed by atoms with Gasteiger partial charge in [-0.05, 0) is 36.8 Å². The molecule has 2 bridgehead atoms. The fourth-order valence-electron chi connectivity index (χ4n) is 4.30. The number of aromatic nitrogens is 3. The van der Waals surface area contributed by atoms with E-state index in [1.165, 1.54) is 11.0 Å². The molecule has 5 rings (SSSR count). The van der Waals surface area contributed by atoms with Crippen LogP contribution >= 0.6 is 0 Å². The molecule has 1 fully saturated rings. The van der Waals surface area contributed by atoms with E-state index in [2.05, 4.69) is 20.3 Å². The van der Waals surface area contributed by atoms with Crippen molar-refractivity contribution in [1.82, 2.24) is 15.0 Å². The van der Waals surface area contributed by atoms with Crippen LogP contribution in [0.2, 0.25) is 0 Å². The van der Waals surface area contributed by atoms with Crippen molar-refractivity contribution < 1.29 is 22.8 Å². The average molecular weight is 460 g/mol. The van der Waals surface area contributed by atoms with E-state index in [1.807, 2.05) is 4.90 Å². The van der Waals surface area contributed by atoms with E-state index in [0.717, 1.165) is 0 Å². The molecule has 4 heterocycles. The first kappa shape index (κ1) is 21.0. The first-order valence-electron chi connectivity index (χ1n) is 10.4. The molecule has 0 saturated carbocycles. The van der Waals surface area contributed by atoms with Gasteiger partial charge >= 0.3 is 17.9 Å². The third kappa shape index (κ3) is 4.03. The molecule has 2 aromatic heterocycles. The van der Waals surface area contributed by atoms with Gasteiger partial charge in [-0.25, -0.2) is 14.6 Å². The molecule has 1 atom stereocenters. The highest BCUT2D eigenvalue weighted by molar-refractivity contribution is 6.06. The number of nitrogens with zero attached hydrogens (tertiary/aromatic N) is 3. The van der Waals surface area contributed by atoms with E-state index in [1.54, 1.807) is 24.3 Å². The van der Waals surface area contributed by atoms with Gasteiger partial charge in [0.25, 0.3) is 0 Å². The Labute approximate surface area is 184 Å². The number of hydrogen-bond donors (Lipinski definition) is 3. The molecule has 9 nitrogen and oxygen atoms in total. The van der Waals surface area contributed by atoms with Crippen molar-refractivity contribution in [3.8, 4) is 0 Å². The smallest absolute Gasteiger partial charge is 0.366 e. The summed E-state index contributed by atoms with van der Waals surface area (Å²) in [6.07, 6.45) is -5.69. The minimum absolute atomic E-state index is 0.107. The molecule has 2 aliphatic rings. The largest absolute Gasteiger partial charge is 0.389 e. The first-order valence-corrected chi connectivity index (χ1v) is 10.4. The van der Waals surface area contributed by atoms with Crippen molar-refractivity contribution in [3.05, 3.63) is 46.5 Å². The summed E-state index contributed by atoms with van der Waals surface area (Å²) in [5.74, 6) is -0.486. The van der Waals surface area contributed by atoms with Crippen molar-refractivity contribution in [2.45, 2.75) is 31.5 Å². The molecule has 12 heteroatoms. The lowest BCUT2D eigenvalue weighted by molar-refractivity contribution is -0.133. The Morgan fingerprint density at radius 3 is 2.73 bits per heavy atom. The van der Waals surface area contributed by atoms with E-state index < -0.39 is 30.8 Å². The maximum atomic E-state index is 13.2. The average Bonchev–Trinajstić information content (AvgIpc) is 3.34. The van der Waals surface area contributed by atoms with Crippen LogP contribution < -0.4 is 20.8 Å². The lowest BCUT2D eigenvalue weighted by Crippen LogP contribution is -2.48. The van der Waals surface area contributed by atoms with Gasteiger partial charge < -0.3 is 20.2 Å². The predicted octanol–water partition coefficient (Wildman–Crippen LogP) is 3.41. The maximum Gasteiger partial charge on any atom is 0.389 e. The Hall–Kier alpha value is -3.83. The topological polar surface area (TPSA) is 114 Å². The number of hydrogen-bond acceptors (Lipinski definition) is 5. The van der Waals surface area contributed by atoms with Gasteiger partial charge in [-0.2, -0.15) is 13.2 Å². The highest BCUT2D eigenvalue weighted by atomic mass is 19.4. The van der Waals surface area contributed by atoms with Crippen LogP contribution in [0, 0.1) is 0 Å². The van der Waals surface area contributed by atoms with Crippen molar-refractivity contribution in [2.24, 2.45) is 0 Å². The number of benzene rings is 1. The summed E-state index contributed by atoms with van der Waals surface area (Å²) < 4.78 is 37.6.